The number of nitrogens with one attached hydrogen (secondary N) is 2. The molecule has 0 aliphatic rings. The standard InChI is InChI=1S/C18H16Cl2N4.C17H14Cl2N4O.2CH4/c1-11-8-14(16(20)15(19)9-11)17-18(22-12(2)23-24-17)21-10-13-6-4-3-5-7-13;1-10-21-17(20-9-11-5-3-2-4-6-11)16(23-22-10)13-7-12(24)8-14(18)15(13)19;;/h3-9H,10H2,1-2H3,(H,21,22,23);2-8,24H,9H2,1H3,(H,20,21,22);2*1H4. The number of phenols is 1. The molecule has 260 valence electrons. The summed E-state index contributed by atoms with van der Waals surface area (Å²) in [5.74, 6) is 2.27. The van der Waals surface area contributed by atoms with Gasteiger partial charge in [-0.2, -0.15) is 0 Å². The van der Waals surface area contributed by atoms with Crippen LogP contribution < -0.4 is 10.6 Å². The van der Waals surface area contributed by atoms with Crippen LogP contribution in [-0.2, 0) is 13.1 Å². The second-order valence-electron chi connectivity index (χ2n) is 10.7. The molecule has 0 bridgehead atoms. The first kappa shape index (κ1) is 39.9. The fraction of sp³-hybridized carbons (Fsp3) is 0.189. The van der Waals surface area contributed by atoms with Crippen molar-refractivity contribution >= 4 is 58.0 Å². The highest BCUT2D eigenvalue weighted by Gasteiger charge is 2.18. The maximum Gasteiger partial charge on any atom is 0.157 e. The number of rotatable bonds is 8. The van der Waals surface area contributed by atoms with Crippen LogP contribution >= 0.6 is 46.4 Å². The fourth-order valence-electron chi connectivity index (χ4n) is 4.63. The van der Waals surface area contributed by atoms with E-state index in [1.165, 1.54) is 12.1 Å². The van der Waals surface area contributed by atoms with Crippen molar-refractivity contribution in [2.75, 3.05) is 10.6 Å². The lowest BCUT2D eigenvalue weighted by atomic mass is 10.1. The first-order valence-corrected chi connectivity index (χ1v) is 16.2. The molecule has 0 spiro atoms. The summed E-state index contributed by atoms with van der Waals surface area (Å²) in [6, 6.07) is 26.6. The summed E-state index contributed by atoms with van der Waals surface area (Å²) in [6.45, 7) is 6.70. The van der Waals surface area contributed by atoms with Crippen LogP contribution in [0.2, 0.25) is 20.1 Å². The molecule has 0 radical (unpaired) electrons. The van der Waals surface area contributed by atoms with Crippen LogP contribution in [0, 0.1) is 20.8 Å². The molecule has 9 nitrogen and oxygen atoms in total. The van der Waals surface area contributed by atoms with E-state index in [9.17, 15) is 5.11 Å². The Balaban J connectivity index is 0.000000260. The summed E-state index contributed by atoms with van der Waals surface area (Å²) in [7, 11) is 0. The lowest BCUT2D eigenvalue weighted by Crippen LogP contribution is -2.07. The summed E-state index contributed by atoms with van der Waals surface area (Å²) < 4.78 is 0. The Labute approximate surface area is 313 Å². The Morgan fingerprint density at radius 3 is 1.44 bits per heavy atom. The van der Waals surface area contributed by atoms with Crippen LogP contribution in [0.4, 0.5) is 11.6 Å². The van der Waals surface area contributed by atoms with E-state index in [1.54, 1.807) is 13.8 Å². The predicted molar refractivity (Wildman–Crippen MR) is 207 cm³/mol. The molecule has 3 N–H and O–H groups in total. The van der Waals surface area contributed by atoms with Crippen LogP contribution in [0.5, 0.6) is 5.75 Å². The van der Waals surface area contributed by atoms with Gasteiger partial charge >= 0.3 is 0 Å². The molecule has 6 rings (SSSR count). The van der Waals surface area contributed by atoms with Gasteiger partial charge < -0.3 is 15.7 Å². The molecule has 0 atom stereocenters. The average Bonchev–Trinajstić information content (AvgIpc) is 3.08. The summed E-state index contributed by atoms with van der Waals surface area (Å²) in [4.78, 5) is 8.88. The monoisotopic (exact) mass is 750 g/mol. The Hall–Kier alpha value is -4.54. The van der Waals surface area contributed by atoms with Crippen LogP contribution in [0.1, 0.15) is 43.2 Å². The lowest BCUT2D eigenvalue weighted by molar-refractivity contribution is 0.475. The van der Waals surface area contributed by atoms with Gasteiger partial charge in [0, 0.05) is 30.3 Å². The molecular weight excluding hydrogens is 714 g/mol. The van der Waals surface area contributed by atoms with E-state index in [4.69, 9.17) is 46.4 Å². The van der Waals surface area contributed by atoms with Crippen molar-refractivity contribution < 1.29 is 5.11 Å². The van der Waals surface area contributed by atoms with E-state index in [0.717, 1.165) is 22.3 Å². The summed E-state index contributed by atoms with van der Waals surface area (Å²) in [5, 5.41) is 34.3. The number of benzene rings is 4. The lowest BCUT2D eigenvalue weighted by Gasteiger charge is -2.13. The Morgan fingerprint density at radius 2 is 0.980 bits per heavy atom. The zero-order chi connectivity index (χ0) is 34.2. The predicted octanol–water partition coefficient (Wildman–Crippen LogP) is 10.8. The second-order valence-corrected chi connectivity index (χ2v) is 12.3. The van der Waals surface area contributed by atoms with Gasteiger partial charge in [0.1, 0.15) is 28.8 Å². The first-order valence-electron chi connectivity index (χ1n) is 14.7. The minimum Gasteiger partial charge on any atom is -0.508 e. The summed E-state index contributed by atoms with van der Waals surface area (Å²) >= 11 is 24.9. The van der Waals surface area contributed by atoms with Crippen LogP contribution in [0.15, 0.2) is 84.9 Å². The zero-order valence-corrected chi connectivity index (χ0v) is 29.2. The third-order valence-corrected chi connectivity index (χ3v) is 8.49. The van der Waals surface area contributed by atoms with Gasteiger partial charge in [0.05, 0.1) is 20.1 Å². The molecule has 0 saturated heterocycles. The minimum absolute atomic E-state index is 0. The van der Waals surface area contributed by atoms with E-state index in [1.807, 2.05) is 79.7 Å². The fourth-order valence-corrected chi connectivity index (χ4v) is 5.52. The molecule has 0 amide bonds. The van der Waals surface area contributed by atoms with Gasteiger partial charge in [0.25, 0.3) is 0 Å². The van der Waals surface area contributed by atoms with E-state index in [0.29, 0.717) is 63.4 Å². The molecule has 0 fully saturated rings. The highest BCUT2D eigenvalue weighted by Crippen LogP contribution is 2.39. The maximum atomic E-state index is 9.80. The molecular formula is C37H38Cl4N8O. The molecule has 4 aromatic carbocycles. The Morgan fingerprint density at radius 1 is 0.560 bits per heavy atom. The first-order chi connectivity index (χ1) is 23.1. The topological polar surface area (TPSA) is 122 Å². The van der Waals surface area contributed by atoms with E-state index in [-0.39, 0.29) is 30.6 Å². The van der Waals surface area contributed by atoms with Crippen molar-refractivity contribution in [3.63, 3.8) is 0 Å². The number of aromatic nitrogens is 6. The number of anilines is 2. The number of phenolic OH excluding ortho intramolecular Hbond substituents is 1. The van der Waals surface area contributed by atoms with Crippen molar-refractivity contribution in [1.82, 2.24) is 30.4 Å². The van der Waals surface area contributed by atoms with Gasteiger partial charge in [-0.3, -0.25) is 0 Å². The molecule has 50 heavy (non-hydrogen) atoms. The van der Waals surface area contributed by atoms with Crippen LogP contribution in [0.25, 0.3) is 22.5 Å². The van der Waals surface area contributed by atoms with Gasteiger partial charge in [0.2, 0.25) is 0 Å². The highest BCUT2D eigenvalue weighted by atomic mass is 35.5. The van der Waals surface area contributed by atoms with Crippen molar-refractivity contribution in [1.29, 1.82) is 0 Å². The average molecular weight is 753 g/mol. The Kier molecular flexibility index (Phi) is 14.7. The van der Waals surface area contributed by atoms with Crippen molar-refractivity contribution in [2.24, 2.45) is 0 Å². The van der Waals surface area contributed by atoms with Gasteiger partial charge in [-0.05, 0) is 55.7 Å². The molecule has 0 aliphatic carbocycles. The van der Waals surface area contributed by atoms with Crippen molar-refractivity contribution in [2.45, 2.75) is 48.7 Å². The number of halogens is 4. The number of nitrogens with zero attached hydrogens (tertiary/aromatic N) is 6. The van der Waals surface area contributed by atoms with E-state index >= 15 is 0 Å². The van der Waals surface area contributed by atoms with Crippen molar-refractivity contribution in [3.8, 4) is 28.3 Å². The van der Waals surface area contributed by atoms with Gasteiger partial charge in [-0.15, -0.1) is 20.4 Å². The third kappa shape index (κ3) is 10.2. The van der Waals surface area contributed by atoms with Crippen molar-refractivity contribution in [3.05, 3.63) is 133 Å². The number of aromatic hydroxyl groups is 1. The Bertz CT molecular complexity index is 1890. The van der Waals surface area contributed by atoms with Gasteiger partial charge in [0.15, 0.2) is 11.6 Å². The molecule has 0 aliphatic heterocycles. The zero-order valence-electron chi connectivity index (χ0n) is 26.1. The third-order valence-electron chi connectivity index (χ3n) is 6.89. The SMILES string of the molecule is C.C.Cc1cc(Cl)c(Cl)c(-c2nnc(C)nc2NCc2ccccc2)c1.Cc1nnc(-c2cc(O)cc(Cl)c2Cl)c(NCc2ccccc2)n1. The molecule has 2 heterocycles. The van der Waals surface area contributed by atoms with Gasteiger partial charge in [-0.25, -0.2) is 9.97 Å². The minimum atomic E-state index is -0.00390. The molecule has 2 aromatic heterocycles. The molecule has 13 heteroatoms. The van der Waals surface area contributed by atoms with Crippen LogP contribution in [-0.4, -0.2) is 35.5 Å². The smallest absolute Gasteiger partial charge is 0.157 e. The highest BCUT2D eigenvalue weighted by molar-refractivity contribution is 6.44. The van der Waals surface area contributed by atoms with E-state index in [2.05, 4.69) is 41.0 Å². The molecule has 0 unspecified atom stereocenters. The molecule has 0 saturated carbocycles. The number of aryl methyl sites for hydroxylation is 3. The summed E-state index contributed by atoms with van der Waals surface area (Å²) in [6.07, 6.45) is 0. The van der Waals surface area contributed by atoms with Gasteiger partial charge in [-0.1, -0.05) is 122 Å². The summed E-state index contributed by atoms with van der Waals surface area (Å²) in [5.41, 5.74) is 5.45. The molecule has 6 aromatic rings. The second kappa shape index (κ2) is 18.5. The number of hydrogen-bond donors (Lipinski definition) is 3. The normalized spacial score (nSPS) is 10.2. The van der Waals surface area contributed by atoms with Crippen LogP contribution in [0.3, 0.4) is 0 Å². The quantitative estimate of drug-likeness (QED) is 0.139. The number of hydrogen-bond acceptors (Lipinski definition) is 9. The largest absolute Gasteiger partial charge is 0.508 e. The maximum absolute atomic E-state index is 9.80. The van der Waals surface area contributed by atoms with E-state index < -0.39 is 0 Å².